The van der Waals surface area contributed by atoms with Gasteiger partial charge in [0.2, 0.25) is 0 Å². The lowest BCUT2D eigenvalue weighted by atomic mass is 10.1. The summed E-state index contributed by atoms with van der Waals surface area (Å²) in [4.78, 5) is 0. The van der Waals surface area contributed by atoms with Crippen LogP contribution in [0.5, 0.6) is 17.2 Å². The number of hydrogen-bond acceptors (Lipinski definition) is 2. The molecule has 0 N–H and O–H groups in total. The van der Waals surface area contributed by atoms with Crippen molar-refractivity contribution >= 4 is 6.08 Å². The molecule has 0 radical (unpaired) electrons. The van der Waals surface area contributed by atoms with Gasteiger partial charge in [0.05, 0.1) is 0 Å². The zero-order valence-electron chi connectivity index (χ0n) is 17.4. The number of aryl methyl sites for hydroxylation is 5. The van der Waals surface area contributed by atoms with Crippen LogP contribution in [0.2, 0.25) is 0 Å². The molecule has 0 aliphatic heterocycles. The molecule has 0 saturated heterocycles. The molecule has 0 bridgehead atoms. The first-order valence-electron chi connectivity index (χ1n) is 9.58. The van der Waals surface area contributed by atoms with Gasteiger partial charge in [-0.3, -0.25) is 0 Å². The van der Waals surface area contributed by atoms with Gasteiger partial charge in [0, 0.05) is 0 Å². The third kappa shape index (κ3) is 4.45. The molecule has 0 aliphatic rings. The van der Waals surface area contributed by atoms with E-state index in [1.807, 2.05) is 18.2 Å². The minimum absolute atomic E-state index is 0.537. The van der Waals surface area contributed by atoms with Crippen molar-refractivity contribution in [1.29, 1.82) is 0 Å². The van der Waals surface area contributed by atoms with Gasteiger partial charge in [-0.05, 0) is 80.1 Å². The van der Waals surface area contributed by atoms with Crippen LogP contribution in [0.25, 0.3) is 6.08 Å². The van der Waals surface area contributed by atoms with E-state index in [4.69, 9.17) is 9.47 Å². The van der Waals surface area contributed by atoms with Crippen LogP contribution in [0.15, 0.2) is 55.1 Å². The van der Waals surface area contributed by atoms with E-state index in [1.54, 1.807) is 0 Å². The summed E-state index contributed by atoms with van der Waals surface area (Å²) in [6.45, 7) is 14.7. The molecule has 3 aromatic rings. The number of rotatable bonds is 6. The molecule has 0 amide bonds. The Morgan fingerprint density at radius 2 is 1.29 bits per heavy atom. The summed E-state index contributed by atoms with van der Waals surface area (Å²) in [7, 11) is 0. The van der Waals surface area contributed by atoms with Crippen LogP contribution in [0.1, 0.15) is 38.9 Å². The van der Waals surface area contributed by atoms with E-state index in [1.165, 1.54) is 5.56 Å². The summed E-state index contributed by atoms with van der Waals surface area (Å²) in [5.41, 5.74) is 7.93. The predicted molar refractivity (Wildman–Crippen MR) is 118 cm³/mol. The van der Waals surface area contributed by atoms with Gasteiger partial charge in [-0.15, -0.1) is 0 Å². The van der Waals surface area contributed by atoms with Crippen LogP contribution in [0, 0.1) is 34.6 Å². The SMILES string of the molecule is C=Cc1ccc(COc2c(C)cc(Oc3c(C)cc(C)cc3C)cc2C)cc1. The molecular formula is C26H28O2. The quantitative estimate of drug-likeness (QED) is 0.454. The molecule has 144 valence electrons. The lowest BCUT2D eigenvalue weighted by molar-refractivity contribution is 0.301. The molecule has 0 fully saturated rings. The second kappa shape index (κ2) is 8.35. The number of hydrogen-bond donors (Lipinski definition) is 0. The molecule has 0 aromatic heterocycles. The van der Waals surface area contributed by atoms with Gasteiger partial charge < -0.3 is 9.47 Å². The van der Waals surface area contributed by atoms with Crippen molar-refractivity contribution in [2.75, 3.05) is 0 Å². The lowest BCUT2D eigenvalue weighted by Crippen LogP contribution is -2.00. The van der Waals surface area contributed by atoms with E-state index >= 15 is 0 Å². The van der Waals surface area contributed by atoms with Crippen molar-refractivity contribution in [2.45, 2.75) is 41.2 Å². The van der Waals surface area contributed by atoms with Crippen molar-refractivity contribution < 1.29 is 9.47 Å². The minimum atomic E-state index is 0.537. The molecule has 0 unspecified atom stereocenters. The Labute approximate surface area is 168 Å². The Morgan fingerprint density at radius 1 is 0.750 bits per heavy atom. The smallest absolute Gasteiger partial charge is 0.133 e. The third-order valence-electron chi connectivity index (χ3n) is 4.86. The van der Waals surface area contributed by atoms with Gasteiger partial charge in [-0.2, -0.15) is 0 Å². The lowest BCUT2D eigenvalue weighted by Gasteiger charge is -2.17. The zero-order valence-corrected chi connectivity index (χ0v) is 17.4. The molecule has 0 atom stereocenters. The first kappa shape index (κ1) is 19.8. The Kier molecular flexibility index (Phi) is 5.89. The van der Waals surface area contributed by atoms with Gasteiger partial charge in [-0.1, -0.05) is 54.6 Å². The van der Waals surface area contributed by atoms with E-state index < -0.39 is 0 Å². The molecule has 2 nitrogen and oxygen atoms in total. The van der Waals surface area contributed by atoms with Crippen molar-refractivity contribution in [3.05, 3.63) is 94.1 Å². The molecule has 2 heteroatoms. The van der Waals surface area contributed by atoms with E-state index in [0.717, 1.165) is 50.6 Å². The highest BCUT2D eigenvalue weighted by atomic mass is 16.5. The summed E-state index contributed by atoms with van der Waals surface area (Å²) in [6.07, 6.45) is 1.84. The van der Waals surface area contributed by atoms with E-state index in [-0.39, 0.29) is 0 Å². The van der Waals surface area contributed by atoms with Crippen molar-refractivity contribution in [3.63, 3.8) is 0 Å². The molecule has 3 aromatic carbocycles. The summed E-state index contributed by atoms with van der Waals surface area (Å²) in [5.74, 6) is 2.69. The summed E-state index contributed by atoms with van der Waals surface area (Å²) in [5, 5.41) is 0. The van der Waals surface area contributed by atoms with Crippen LogP contribution in [-0.4, -0.2) is 0 Å². The second-order valence-electron chi connectivity index (χ2n) is 7.45. The second-order valence-corrected chi connectivity index (χ2v) is 7.45. The molecule has 3 rings (SSSR count). The first-order valence-corrected chi connectivity index (χ1v) is 9.58. The van der Waals surface area contributed by atoms with Gasteiger partial charge in [0.25, 0.3) is 0 Å². The number of benzene rings is 3. The zero-order chi connectivity index (χ0) is 20.3. The normalized spacial score (nSPS) is 10.6. The van der Waals surface area contributed by atoms with Gasteiger partial charge in [0.1, 0.15) is 23.9 Å². The molecule has 0 spiro atoms. The Balaban J connectivity index is 1.78. The van der Waals surface area contributed by atoms with Crippen LogP contribution < -0.4 is 9.47 Å². The highest BCUT2D eigenvalue weighted by Gasteiger charge is 2.11. The fraction of sp³-hybridized carbons (Fsp3) is 0.231. The molecule has 0 heterocycles. The Bertz CT molecular complexity index is 951. The third-order valence-corrected chi connectivity index (χ3v) is 4.86. The largest absolute Gasteiger partial charge is 0.488 e. The first-order chi connectivity index (χ1) is 13.4. The highest BCUT2D eigenvalue weighted by Crippen LogP contribution is 2.34. The van der Waals surface area contributed by atoms with E-state index in [2.05, 4.69) is 77.6 Å². The van der Waals surface area contributed by atoms with Crippen LogP contribution in [0.4, 0.5) is 0 Å². The molecule has 28 heavy (non-hydrogen) atoms. The minimum Gasteiger partial charge on any atom is -0.488 e. The highest BCUT2D eigenvalue weighted by molar-refractivity contribution is 5.50. The maximum atomic E-state index is 6.23. The van der Waals surface area contributed by atoms with Crippen LogP contribution in [0.3, 0.4) is 0 Å². The van der Waals surface area contributed by atoms with Gasteiger partial charge in [0.15, 0.2) is 0 Å². The average Bonchev–Trinajstić information content (AvgIpc) is 2.64. The predicted octanol–water partition coefficient (Wildman–Crippen LogP) is 7.24. The molecule has 0 saturated carbocycles. The monoisotopic (exact) mass is 372 g/mol. The summed E-state index contributed by atoms with van der Waals surface area (Å²) in [6, 6.07) is 16.6. The van der Waals surface area contributed by atoms with E-state index in [9.17, 15) is 0 Å². The topological polar surface area (TPSA) is 18.5 Å². The van der Waals surface area contributed by atoms with Gasteiger partial charge >= 0.3 is 0 Å². The summed E-state index contributed by atoms with van der Waals surface area (Å²) < 4.78 is 12.3. The van der Waals surface area contributed by atoms with Crippen LogP contribution in [-0.2, 0) is 6.61 Å². The Morgan fingerprint density at radius 3 is 1.82 bits per heavy atom. The maximum absolute atomic E-state index is 6.23. The van der Waals surface area contributed by atoms with Crippen molar-refractivity contribution in [1.82, 2.24) is 0 Å². The van der Waals surface area contributed by atoms with E-state index in [0.29, 0.717) is 6.61 Å². The molecule has 0 aliphatic carbocycles. The van der Waals surface area contributed by atoms with Gasteiger partial charge in [-0.25, -0.2) is 0 Å². The van der Waals surface area contributed by atoms with Crippen molar-refractivity contribution in [3.8, 4) is 17.2 Å². The molecular weight excluding hydrogens is 344 g/mol. The fourth-order valence-corrected chi connectivity index (χ4v) is 3.55. The number of ether oxygens (including phenoxy) is 2. The van der Waals surface area contributed by atoms with Crippen molar-refractivity contribution in [2.24, 2.45) is 0 Å². The average molecular weight is 373 g/mol. The maximum Gasteiger partial charge on any atom is 0.133 e. The summed E-state index contributed by atoms with van der Waals surface area (Å²) >= 11 is 0. The van der Waals surface area contributed by atoms with Crippen LogP contribution >= 0.6 is 0 Å². The fourth-order valence-electron chi connectivity index (χ4n) is 3.55. The standard InChI is InChI=1S/C26H28O2/c1-7-22-8-10-23(11-9-22)16-27-25-20(5)14-24(15-21(25)6)28-26-18(3)12-17(2)13-19(26)4/h7-15H,1,16H2,2-6H3. The Hall–Kier alpha value is -3.00.